The van der Waals surface area contributed by atoms with Crippen molar-refractivity contribution in [3.63, 3.8) is 0 Å². The quantitative estimate of drug-likeness (QED) is 0.800. The molecule has 0 saturated carbocycles. The summed E-state index contributed by atoms with van der Waals surface area (Å²) in [6, 6.07) is 0. The normalized spacial score (nSPS) is 22.1. The van der Waals surface area contributed by atoms with Gasteiger partial charge in [0.2, 0.25) is 0 Å². The van der Waals surface area contributed by atoms with E-state index in [9.17, 15) is 8.42 Å². The third kappa shape index (κ3) is 2.51. The van der Waals surface area contributed by atoms with Crippen LogP contribution in [0.5, 0.6) is 0 Å². The molecule has 6 nitrogen and oxygen atoms in total. The van der Waals surface area contributed by atoms with Gasteiger partial charge in [0.15, 0.2) is 5.03 Å². The molecule has 96 valence electrons. The molecule has 7 heteroatoms. The van der Waals surface area contributed by atoms with E-state index in [4.69, 9.17) is 5.73 Å². The van der Waals surface area contributed by atoms with E-state index in [0.717, 1.165) is 12.8 Å². The summed E-state index contributed by atoms with van der Waals surface area (Å²) in [5.41, 5.74) is 5.49. The minimum absolute atomic E-state index is 0.184. The molecule has 17 heavy (non-hydrogen) atoms. The first-order chi connectivity index (χ1) is 8.04. The minimum atomic E-state index is -3.39. The second-order valence-corrected chi connectivity index (χ2v) is 6.33. The van der Waals surface area contributed by atoms with Crippen LogP contribution in [0.1, 0.15) is 18.7 Å². The molecule has 0 amide bonds. The number of sulfonamides is 1. The molecule has 1 aliphatic heterocycles. The molecule has 1 fully saturated rings. The first-order valence-corrected chi connectivity index (χ1v) is 7.20. The number of aryl methyl sites for hydroxylation is 1. The largest absolute Gasteiger partial charge is 0.332 e. The van der Waals surface area contributed by atoms with E-state index < -0.39 is 10.0 Å². The molecular weight excluding hydrogens is 240 g/mol. The van der Waals surface area contributed by atoms with E-state index in [1.807, 2.05) is 0 Å². The number of aromatic amines is 1. The van der Waals surface area contributed by atoms with Crippen LogP contribution < -0.4 is 5.73 Å². The molecule has 0 aliphatic carbocycles. The summed E-state index contributed by atoms with van der Waals surface area (Å²) in [6.45, 7) is 3.49. The van der Waals surface area contributed by atoms with Crippen LogP contribution in [0.25, 0.3) is 0 Å². The molecule has 1 saturated heterocycles. The minimum Gasteiger partial charge on any atom is -0.332 e. The van der Waals surface area contributed by atoms with Crippen molar-refractivity contribution in [1.29, 1.82) is 0 Å². The van der Waals surface area contributed by atoms with Gasteiger partial charge in [0.25, 0.3) is 10.0 Å². The number of aromatic nitrogens is 2. The van der Waals surface area contributed by atoms with E-state index in [1.165, 1.54) is 10.5 Å². The highest BCUT2D eigenvalue weighted by atomic mass is 32.2. The maximum Gasteiger partial charge on any atom is 0.260 e. The SMILES string of the molecule is Cc1ncc(S(=O)(=O)N2CCC(CCN)C2)[nH]1. The third-order valence-corrected chi connectivity index (χ3v) is 4.90. The molecule has 0 spiro atoms. The molecule has 1 unspecified atom stereocenters. The van der Waals surface area contributed by atoms with Gasteiger partial charge in [-0.05, 0) is 32.2 Å². The van der Waals surface area contributed by atoms with E-state index in [2.05, 4.69) is 9.97 Å². The number of rotatable bonds is 4. The highest BCUT2D eigenvalue weighted by Gasteiger charge is 2.33. The molecular formula is C10H18N4O2S. The predicted molar refractivity (Wildman–Crippen MR) is 63.9 cm³/mol. The van der Waals surface area contributed by atoms with Crippen LogP contribution in [-0.4, -0.2) is 42.3 Å². The summed E-state index contributed by atoms with van der Waals surface area (Å²) < 4.78 is 26.0. The summed E-state index contributed by atoms with van der Waals surface area (Å²) in [6.07, 6.45) is 3.15. The maximum atomic E-state index is 12.2. The standard InChI is InChI=1S/C10H18N4O2S/c1-8-12-6-10(13-8)17(15,16)14-5-3-9(7-14)2-4-11/h6,9H,2-5,7,11H2,1H3,(H,12,13). The Morgan fingerprint density at radius 1 is 1.65 bits per heavy atom. The van der Waals surface area contributed by atoms with Crippen LogP contribution in [0.15, 0.2) is 11.2 Å². The van der Waals surface area contributed by atoms with Gasteiger partial charge in [0, 0.05) is 13.1 Å². The van der Waals surface area contributed by atoms with E-state index in [1.54, 1.807) is 6.92 Å². The first-order valence-electron chi connectivity index (χ1n) is 5.76. The summed E-state index contributed by atoms with van der Waals surface area (Å²) in [5, 5.41) is 0.184. The van der Waals surface area contributed by atoms with Gasteiger partial charge in [0.1, 0.15) is 5.82 Å². The summed E-state index contributed by atoms with van der Waals surface area (Å²) in [4.78, 5) is 6.70. The van der Waals surface area contributed by atoms with Gasteiger partial charge in [0.05, 0.1) is 6.20 Å². The van der Waals surface area contributed by atoms with Crippen LogP contribution >= 0.6 is 0 Å². The molecule has 0 bridgehead atoms. The molecule has 2 rings (SSSR count). The van der Waals surface area contributed by atoms with Crippen molar-refractivity contribution in [2.75, 3.05) is 19.6 Å². The molecule has 1 aromatic heterocycles. The van der Waals surface area contributed by atoms with Crippen molar-refractivity contribution in [2.24, 2.45) is 11.7 Å². The van der Waals surface area contributed by atoms with Crippen LogP contribution in [0.3, 0.4) is 0 Å². The number of nitrogens with two attached hydrogens (primary N) is 1. The number of imidazole rings is 1. The third-order valence-electron chi connectivity index (χ3n) is 3.12. The van der Waals surface area contributed by atoms with Crippen molar-refractivity contribution in [3.8, 4) is 0 Å². The lowest BCUT2D eigenvalue weighted by atomic mass is 10.1. The summed E-state index contributed by atoms with van der Waals surface area (Å²) in [7, 11) is -3.39. The Bertz CT molecular complexity index is 482. The lowest BCUT2D eigenvalue weighted by Crippen LogP contribution is -2.29. The van der Waals surface area contributed by atoms with Crippen molar-refractivity contribution in [1.82, 2.24) is 14.3 Å². The molecule has 1 atom stereocenters. The molecule has 1 aromatic rings. The van der Waals surface area contributed by atoms with Gasteiger partial charge in [-0.1, -0.05) is 0 Å². The second-order valence-electron chi connectivity index (χ2n) is 4.43. The molecule has 0 aromatic carbocycles. The van der Waals surface area contributed by atoms with Crippen molar-refractivity contribution < 1.29 is 8.42 Å². The summed E-state index contributed by atoms with van der Waals surface area (Å²) >= 11 is 0. The van der Waals surface area contributed by atoms with Gasteiger partial charge < -0.3 is 10.7 Å². The number of nitrogens with zero attached hydrogens (tertiary/aromatic N) is 2. The monoisotopic (exact) mass is 258 g/mol. The zero-order valence-corrected chi connectivity index (χ0v) is 10.7. The van der Waals surface area contributed by atoms with E-state index in [-0.39, 0.29) is 5.03 Å². The van der Waals surface area contributed by atoms with Crippen LogP contribution in [0.2, 0.25) is 0 Å². The molecule has 0 radical (unpaired) electrons. The Hall–Kier alpha value is -0.920. The van der Waals surface area contributed by atoms with Gasteiger partial charge in [-0.3, -0.25) is 0 Å². The molecule has 3 N–H and O–H groups in total. The van der Waals surface area contributed by atoms with Gasteiger partial charge in [-0.25, -0.2) is 13.4 Å². The average molecular weight is 258 g/mol. The Balaban J connectivity index is 2.13. The topological polar surface area (TPSA) is 92.1 Å². The Kier molecular flexibility index (Phi) is 3.50. The highest BCUT2D eigenvalue weighted by molar-refractivity contribution is 7.89. The lowest BCUT2D eigenvalue weighted by Gasteiger charge is -2.14. The zero-order valence-electron chi connectivity index (χ0n) is 9.89. The van der Waals surface area contributed by atoms with Gasteiger partial charge in [-0.15, -0.1) is 0 Å². The smallest absolute Gasteiger partial charge is 0.260 e. The Labute approximate surface area is 101 Å². The van der Waals surface area contributed by atoms with Crippen LogP contribution in [0.4, 0.5) is 0 Å². The Morgan fingerprint density at radius 3 is 3.00 bits per heavy atom. The zero-order chi connectivity index (χ0) is 12.5. The fraction of sp³-hybridized carbons (Fsp3) is 0.700. The number of H-pyrrole nitrogens is 1. The fourth-order valence-corrected chi connectivity index (χ4v) is 3.65. The number of nitrogens with one attached hydrogen (secondary N) is 1. The van der Waals surface area contributed by atoms with E-state index in [0.29, 0.717) is 31.4 Å². The average Bonchev–Trinajstić information content (AvgIpc) is 2.88. The number of hydrogen-bond donors (Lipinski definition) is 2. The second kappa shape index (κ2) is 4.75. The van der Waals surface area contributed by atoms with Crippen molar-refractivity contribution >= 4 is 10.0 Å². The first kappa shape index (κ1) is 12.5. The van der Waals surface area contributed by atoms with Crippen molar-refractivity contribution in [3.05, 3.63) is 12.0 Å². The fourth-order valence-electron chi connectivity index (χ4n) is 2.16. The van der Waals surface area contributed by atoms with Crippen LogP contribution in [0, 0.1) is 12.8 Å². The number of hydrogen-bond acceptors (Lipinski definition) is 4. The van der Waals surface area contributed by atoms with Crippen LogP contribution in [-0.2, 0) is 10.0 Å². The molecule has 1 aliphatic rings. The maximum absolute atomic E-state index is 12.2. The molecule has 2 heterocycles. The highest BCUT2D eigenvalue weighted by Crippen LogP contribution is 2.24. The van der Waals surface area contributed by atoms with Crippen molar-refractivity contribution in [2.45, 2.75) is 24.8 Å². The van der Waals surface area contributed by atoms with E-state index >= 15 is 0 Å². The Morgan fingerprint density at radius 2 is 2.41 bits per heavy atom. The lowest BCUT2D eigenvalue weighted by molar-refractivity contribution is 0.447. The van der Waals surface area contributed by atoms with Gasteiger partial charge in [-0.2, -0.15) is 4.31 Å². The van der Waals surface area contributed by atoms with Gasteiger partial charge >= 0.3 is 0 Å². The summed E-state index contributed by atoms with van der Waals surface area (Å²) in [5.74, 6) is 1.00. The predicted octanol–water partition coefficient (Wildman–Crippen LogP) is 0.0775.